The molecule has 1 aromatic heterocycles. The number of hydrogen-bond donors (Lipinski definition) is 0. The molecule has 5 nitrogen and oxygen atoms in total. The average Bonchev–Trinajstić information content (AvgIpc) is 2.85. The maximum Gasteiger partial charge on any atom is 0.294 e. The molecule has 0 fully saturated rings. The standard InChI is InChI=1S/C12H11Cl2N3O2S2/c1-17(2)12(18)20-10-15-11(21-16-10)19-6-7-8(13)4-3-5-9(7)14/h3-5H,6H2,1-2H3. The van der Waals surface area contributed by atoms with Gasteiger partial charge < -0.3 is 9.64 Å². The summed E-state index contributed by atoms with van der Waals surface area (Å²) in [5.41, 5.74) is 0.689. The van der Waals surface area contributed by atoms with Crippen molar-refractivity contribution in [2.24, 2.45) is 0 Å². The lowest BCUT2D eigenvalue weighted by Gasteiger charge is -2.07. The summed E-state index contributed by atoms with van der Waals surface area (Å²) in [5, 5.41) is 1.64. The van der Waals surface area contributed by atoms with Crippen LogP contribution in [0.15, 0.2) is 23.4 Å². The molecule has 2 rings (SSSR count). The second-order valence-electron chi connectivity index (χ2n) is 4.09. The van der Waals surface area contributed by atoms with E-state index >= 15 is 0 Å². The lowest BCUT2D eigenvalue weighted by atomic mass is 10.2. The first-order chi connectivity index (χ1) is 9.97. The van der Waals surface area contributed by atoms with E-state index < -0.39 is 0 Å². The van der Waals surface area contributed by atoms with Crippen LogP contribution < -0.4 is 4.74 Å². The van der Waals surface area contributed by atoms with Crippen LogP contribution in [0.25, 0.3) is 0 Å². The summed E-state index contributed by atoms with van der Waals surface area (Å²) in [5.74, 6) is 0. The zero-order valence-electron chi connectivity index (χ0n) is 11.2. The van der Waals surface area contributed by atoms with Gasteiger partial charge in [-0.15, -0.1) is 0 Å². The van der Waals surface area contributed by atoms with Crippen molar-refractivity contribution in [2.75, 3.05) is 14.1 Å². The van der Waals surface area contributed by atoms with Crippen molar-refractivity contribution in [3.63, 3.8) is 0 Å². The van der Waals surface area contributed by atoms with Crippen LogP contribution in [0.2, 0.25) is 10.0 Å². The molecule has 0 radical (unpaired) electrons. The average molecular weight is 364 g/mol. The van der Waals surface area contributed by atoms with Crippen LogP contribution in [0.3, 0.4) is 0 Å². The van der Waals surface area contributed by atoms with E-state index in [0.717, 1.165) is 23.3 Å². The van der Waals surface area contributed by atoms with Crippen LogP contribution in [0.1, 0.15) is 5.56 Å². The molecule has 0 aliphatic rings. The molecule has 1 aromatic carbocycles. The Bertz CT molecular complexity index is 629. The molecule has 0 N–H and O–H groups in total. The predicted octanol–water partition coefficient (Wildman–Crippen LogP) is 4.20. The molecule has 21 heavy (non-hydrogen) atoms. The third-order valence-electron chi connectivity index (χ3n) is 2.33. The van der Waals surface area contributed by atoms with Gasteiger partial charge in [0.2, 0.25) is 5.16 Å². The molecule has 112 valence electrons. The molecule has 9 heteroatoms. The minimum absolute atomic E-state index is 0.145. The zero-order valence-corrected chi connectivity index (χ0v) is 14.3. The summed E-state index contributed by atoms with van der Waals surface area (Å²) in [4.78, 5) is 17.1. The number of rotatable bonds is 4. The SMILES string of the molecule is CN(C)C(=O)Sc1nsc(OCc2c(Cl)cccc2Cl)n1. The highest BCUT2D eigenvalue weighted by Crippen LogP contribution is 2.28. The molecule has 0 spiro atoms. The third kappa shape index (κ3) is 4.47. The quantitative estimate of drug-likeness (QED) is 0.761. The van der Waals surface area contributed by atoms with E-state index in [1.165, 1.54) is 4.90 Å². The normalized spacial score (nSPS) is 10.5. The number of benzene rings is 1. The topological polar surface area (TPSA) is 55.3 Å². The molecule has 0 aliphatic heterocycles. The van der Waals surface area contributed by atoms with Gasteiger partial charge in [-0.3, -0.25) is 4.79 Å². The monoisotopic (exact) mass is 363 g/mol. The number of carbonyl (C=O) groups excluding carboxylic acids is 1. The van der Waals surface area contributed by atoms with Crippen molar-refractivity contribution in [1.29, 1.82) is 0 Å². The van der Waals surface area contributed by atoms with Gasteiger partial charge in [0.25, 0.3) is 10.4 Å². The largest absolute Gasteiger partial charge is 0.464 e. The Kier molecular flexibility index (Phi) is 5.69. The van der Waals surface area contributed by atoms with E-state index in [1.54, 1.807) is 32.3 Å². The highest BCUT2D eigenvalue weighted by Gasteiger charge is 2.13. The third-order valence-corrected chi connectivity index (χ3v) is 4.69. The number of nitrogens with zero attached hydrogens (tertiary/aromatic N) is 3. The Morgan fingerprint density at radius 2 is 2.05 bits per heavy atom. The van der Waals surface area contributed by atoms with Crippen molar-refractivity contribution < 1.29 is 9.53 Å². The zero-order chi connectivity index (χ0) is 15.4. The molecule has 1 amide bonds. The Hall–Kier alpha value is -1.02. The number of ether oxygens (including phenoxy) is 1. The maximum absolute atomic E-state index is 11.5. The van der Waals surface area contributed by atoms with Crippen LogP contribution >= 0.6 is 46.5 Å². The van der Waals surface area contributed by atoms with Gasteiger partial charge in [0.15, 0.2) is 0 Å². The van der Waals surface area contributed by atoms with E-state index in [-0.39, 0.29) is 11.8 Å². The summed E-state index contributed by atoms with van der Waals surface area (Å²) in [6.07, 6.45) is 0. The highest BCUT2D eigenvalue weighted by molar-refractivity contribution is 8.13. The lowest BCUT2D eigenvalue weighted by Crippen LogP contribution is -2.16. The van der Waals surface area contributed by atoms with E-state index in [1.807, 2.05) is 0 Å². The van der Waals surface area contributed by atoms with E-state index in [0.29, 0.717) is 26.0 Å². The van der Waals surface area contributed by atoms with Gasteiger partial charge >= 0.3 is 0 Å². The van der Waals surface area contributed by atoms with Gasteiger partial charge in [-0.25, -0.2) is 0 Å². The van der Waals surface area contributed by atoms with Crippen molar-refractivity contribution in [2.45, 2.75) is 11.8 Å². The maximum atomic E-state index is 11.5. The molecule has 2 aromatic rings. The summed E-state index contributed by atoms with van der Waals surface area (Å²) < 4.78 is 9.56. The summed E-state index contributed by atoms with van der Waals surface area (Å²) in [7, 11) is 3.33. The van der Waals surface area contributed by atoms with Crippen LogP contribution in [0.4, 0.5) is 4.79 Å². The molecule has 0 aliphatic carbocycles. The molecule has 0 bridgehead atoms. The fourth-order valence-electron chi connectivity index (χ4n) is 1.27. The number of aromatic nitrogens is 2. The number of thioether (sulfide) groups is 1. The lowest BCUT2D eigenvalue weighted by molar-refractivity contribution is 0.241. The number of halogens is 2. The van der Waals surface area contributed by atoms with E-state index in [4.69, 9.17) is 27.9 Å². The minimum Gasteiger partial charge on any atom is -0.464 e. The number of carbonyl (C=O) groups is 1. The second kappa shape index (κ2) is 7.31. The Labute approximate surface area is 140 Å². The van der Waals surface area contributed by atoms with Gasteiger partial charge in [0.1, 0.15) is 6.61 Å². The molecule has 0 saturated carbocycles. The van der Waals surface area contributed by atoms with Crippen molar-refractivity contribution in [3.05, 3.63) is 33.8 Å². The molecular formula is C12H11Cl2N3O2S2. The fraction of sp³-hybridized carbons (Fsp3) is 0.250. The smallest absolute Gasteiger partial charge is 0.294 e. The summed E-state index contributed by atoms with van der Waals surface area (Å²) >= 11 is 14.1. The molecule has 1 heterocycles. The van der Waals surface area contributed by atoms with Gasteiger partial charge in [0.05, 0.1) is 0 Å². The Balaban J connectivity index is 1.99. The van der Waals surface area contributed by atoms with Crippen LogP contribution in [-0.4, -0.2) is 33.6 Å². The molecule has 0 unspecified atom stereocenters. The summed E-state index contributed by atoms with van der Waals surface area (Å²) in [6.45, 7) is 0.194. The molecule has 0 saturated heterocycles. The van der Waals surface area contributed by atoms with Gasteiger partial charge in [0, 0.05) is 53.0 Å². The van der Waals surface area contributed by atoms with Crippen molar-refractivity contribution >= 4 is 51.7 Å². The first-order valence-corrected chi connectivity index (χ1v) is 8.10. The molecular weight excluding hydrogens is 353 g/mol. The number of hydrogen-bond acceptors (Lipinski definition) is 6. The first kappa shape index (κ1) is 16.4. The first-order valence-electron chi connectivity index (χ1n) is 5.76. The van der Waals surface area contributed by atoms with Crippen LogP contribution in [0.5, 0.6) is 5.19 Å². The van der Waals surface area contributed by atoms with Gasteiger partial charge in [-0.05, 0) is 12.1 Å². The van der Waals surface area contributed by atoms with Crippen LogP contribution in [0, 0.1) is 0 Å². The second-order valence-corrected chi connectivity index (χ2v) is 6.54. The Morgan fingerprint density at radius 3 is 2.67 bits per heavy atom. The van der Waals surface area contributed by atoms with Crippen molar-refractivity contribution in [1.82, 2.24) is 14.3 Å². The van der Waals surface area contributed by atoms with Gasteiger partial charge in [-0.1, -0.05) is 29.3 Å². The Morgan fingerprint density at radius 1 is 1.38 bits per heavy atom. The number of amides is 1. The van der Waals surface area contributed by atoms with Crippen LogP contribution in [-0.2, 0) is 6.61 Å². The van der Waals surface area contributed by atoms with Crippen molar-refractivity contribution in [3.8, 4) is 5.19 Å². The highest BCUT2D eigenvalue weighted by atomic mass is 35.5. The molecule has 0 atom stereocenters. The fourth-order valence-corrected chi connectivity index (χ4v) is 3.00. The minimum atomic E-state index is -0.145. The van der Waals surface area contributed by atoms with E-state index in [2.05, 4.69) is 9.36 Å². The van der Waals surface area contributed by atoms with Gasteiger partial charge in [-0.2, -0.15) is 9.36 Å². The van der Waals surface area contributed by atoms with E-state index in [9.17, 15) is 4.79 Å². The predicted molar refractivity (Wildman–Crippen MR) is 85.6 cm³/mol. The summed E-state index contributed by atoms with van der Waals surface area (Å²) in [6, 6.07) is 5.24.